The molecule has 0 aliphatic carbocycles. The summed E-state index contributed by atoms with van der Waals surface area (Å²) in [5, 5.41) is 0. The van der Waals surface area contributed by atoms with Crippen molar-refractivity contribution in [2.75, 3.05) is 47.4 Å². The van der Waals surface area contributed by atoms with Crippen molar-refractivity contribution < 1.29 is 19.1 Å². The number of nitrogens with zero attached hydrogens (tertiary/aromatic N) is 2. The van der Waals surface area contributed by atoms with Gasteiger partial charge in [-0.2, -0.15) is 0 Å². The van der Waals surface area contributed by atoms with Gasteiger partial charge < -0.3 is 19.3 Å². The molecule has 26 heavy (non-hydrogen) atoms. The van der Waals surface area contributed by atoms with Crippen LogP contribution in [0.5, 0.6) is 5.75 Å². The number of methoxy groups -OCH3 is 1. The van der Waals surface area contributed by atoms with E-state index >= 15 is 0 Å². The topological polar surface area (TPSA) is 59.1 Å². The number of amides is 1. The van der Waals surface area contributed by atoms with Gasteiger partial charge in [0.15, 0.2) is 6.61 Å². The Morgan fingerprint density at radius 2 is 1.92 bits per heavy atom. The first-order valence-corrected chi connectivity index (χ1v) is 9.09. The Kier molecular flexibility index (Phi) is 9.73. The Morgan fingerprint density at radius 3 is 2.54 bits per heavy atom. The van der Waals surface area contributed by atoms with E-state index in [0.29, 0.717) is 18.8 Å². The molecule has 0 saturated heterocycles. The number of hydrogen-bond donors (Lipinski definition) is 0. The van der Waals surface area contributed by atoms with E-state index in [1.54, 1.807) is 11.8 Å². The van der Waals surface area contributed by atoms with Crippen molar-refractivity contribution in [3.05, 3.63) is 29.8 Å². The minimum atomic E-state index is -0.369. The van der Waals surface area contributed by atoms with Crippen molar-refractivity contribution in [3.63, 3.8) is 0 Å². The van der Waals surface area contributed by atoms with Crippen molar-refractivity contribution in [2.24, 2.45) is 5.92 Å². The number of carbonyl (C=O) groups excluding carboxylic acids is 2. The Bertz CT molecular complexity index is 575. The Morgan fingerprint density at radius 1 is 1.19 bits per heavy atom. The summed E-state index contributed by atoms with van der Waals surface area (Å²) in [6, 6.07) is 7.74. The number of rotatable bonds is 11. The van der Waals surface area contributed by atoms with Crippen LogP contribution >= 0.6 is 0 Å². The maximum atomic E-state index is 12.6. The third kappa shape index (κ3) is 7.87. The lowest BCUT2D eigenvalue weighted by molar-refractivity contribution is -0.146. The number of carbonyl (C=O) groups is 2. The Balaban J connectivity index is 2.67. The van der Waals surface area contributed by atoms with Crippen LogP contribution < -0.4 is 4.74 Å². The van der Waals surface area contributed by atoms with Crippen LogP contribution in [0.3, 0.4) is 0 Å². The third-order valence-corrected chi connectivity index (χ3v) is 4.15. The monoisotopic (exact) mass is 364 g/mol. The number of benzene rings is 1. The molecule has 1 amide bonds. The summed E-state index contributed by atoms with van der Waals surface area (Å²) >= 11 is 0. The summed E-state index contributed by atoms with van der Waals surface area (Å²) in [4.78, 5) is 28.1. The van der Waals surface area contributed by atoms with Crippen molar-refractivity contribution in [3.8, 4) is 5.75 Å². The van der Waals surface area contributed by atoms with Crippen LogP contribution in [-0.2, 0) is 20.7 Å². The van der Waals surface area contributed by atoms with Gasteiger partial charge in [0.2, 0.25) is 0 Å². The predicted octanol–water partition coefficient (Wildman–Crippen LogP) is 2.22. The molecule has 1 atom stereocenters. The average molecular weight is 364 g/mol. The molecule has 1 aromatic carbocycles. The van der Waals surface area contributed by atoms with Crippen LogP contribution in [0.2, 0.25) is 0 Å². The lowest BCUT2D eigenvalue weighted by Crippen LogP contribution is -2.41. The van der Waals surface area contributed by atoms with Crippen LogP contribution in [0.1, 0.15) is 25.8 Å². The van der Waals surface area contributed by atoms with Crippen LogP contribution in [-0.4, -0.2) is 69.1 Å². The van der Waals surface area contributed by atoms with Gasteiger partial charge in [-0.25, -0.2) is 0 Å². The quantitative estimate of drug-likeness (QED) is 0.564. The maximum absolute atomic E-state index is 12.6. The van der Waals surface area contributed by atoms with Gasteiger partial charge in [-0.1, -0.05) is 26.0 Å². The zero-order valence-corrected chi connectivity index (χ0v) is 16.7. The third-order valence-electron chi connectivity index (χ3n) is 4.15. The Labute approximate surface area is 157 Å². The molecule has 0 spiro atoms. The molecule has 0 aromatic heterocycles. The van der Waals surface area contributed by atoms with Crippen molar-refractivity contribution in [1.29, 1.82) is 0 Å². The van der Waals surface area contributed by atoms with Gasteiger partial charge >= 0.3 is 5.97 Å². The molecule has 0 N–H and O–H groups in total. The summed E-state index contributed by atoms with van der Waals surface area (Å²) in [6.45, 7) is 5.58. The van der Waals surface area contributed by atoms with E-state index in [1.165, 1.54) is 7.11 Å². The molecule has 146 valence electrons. The highest BCUT2D eigenvalue weighted by atomic mass is 16.5. The highest BCUT2D eigenvalue weighted by molar-refractivity contribution is 5.79. The molecule has 0 saturated carbocycles. The molecule has 1 rings (SSSR count). The number of esters is 1. The molecule has 0 aliphatic heterocycles. The van der Waals surface area contributed by atoms with Crippen molar-refractivity contribution >= 4 is 11.9 Å². The van der Waals surface area contributed by atoms with Gasteiger partial charge in [0.05, 0.1) is 13.0 Å². The second-order valence-corrected chi connectivity index (χ2v) is 6.71. The van der Waals surface area contributed by atoms with Gasteiger partial charge in [-0.3, -0.25) is 9.59 Å². The highest BCUT2D eigenvalue weighted by Gasteiger charge is 2.21. The molecule has 6 heteroatoms. The fourth-order valence-corrected chi connectivity index (χ4v) is 2.59. The second kappa shape index (κ2) is 11.5. The SMILES string of the molecule is CCc1cccc(OCC(=O)N(CCCN(C)C)CC(C)C(=O)OC)c1. The molecule has 1 aromatic rings. The lowest BCUT2D eigenvalue weighted by Gasteiger charge is -2.25. The normalized spacial score (nSPS) is 11.9. The van der Waals surface area contributed by atoms with Gasteiger partial charge in [0, 0.05) is 13.1 Å². The van der Waals surface area contributed by atoms with Gasteiger partial charge in [-0.15, -0.1) is 0 Å². The largest absolute Gasteiger partial charge is 0.484 e. The highest BCUT2D eigenvalue weighted by Crippen LogP contribution is 2.14. The van der Waals surface area contributed by atoms with Crippen LogP contribution in [0.4, 0.5) is 0 Å². The van der Waals surface area contributed by atoms with Crippen molar-refractivity contribution in [1.82, 2.24) is 9.80 Å². The van der Waals surface area contributed by atoms with Crippen LogP contribution in [0.15, 0.2) is 24.3 Å². The molecular formula is C20H32N2O4. The zero-order chi connectivity index (χ0) is 19.5. The molecule has 0 heterocycles. The molecule has 0 fully saturated rings. The van der Waals surface area contributed by atoms with E-state index in [4.69, 9.17) is 9.47 Å². The smallest absolute Gasteiger partial charge is 0.310 e. The van der Waals surface area contributed by atoms with E-state index in [-0.39, 0.29) is 24.4 Å². The van der Waals surface area contributed by atoms with Gasteiger partial charge in [0.25, 0.3) is 5.91 Å². The molecular weight excluding hydrogens is 332 g/mol. The molecule has 1 unspecified atom stereocenters. The Hall–Kier alpha value is -2.08. The molecule has 0 bridgehead atoms. The minimum Gasteiger partial charge on any atom is -0.484 e. The lowest BCUT2D eigenvalue weighted by atomic mass is 10.1. The minimum absolute atomic E-state index is 0.0387. The molecule has 0 radical (unpaired) electrons. The summed E-state index contributed by atoms with van der Waals surface area (Å²) in [6.07, 6.45) is 1.75. The van der Waals surface area contributed by atoms with Crippen LogP contribution in [0, 0.1) is 5.92 Å². The van der Waals surface area contributed by atoms with E-state index in [2.05, 4.69) is 11.8 Å². The standard InChI is InChI=1S/C20H32N2O4/c1-6-17-9-7-10-18(13-17)26-15-19(23)22(12-8-11-21(3)4)14-16(2)20(24)25-5/h7,9-10,13,16H,6,8,11-12,14-15H2,1-5H3. The first-order chi connectivity index (χ1) is 12.4. The van der Waals surface area contributed by atoms with Gasteiger partial charge in [-0.05, 0) is 51.2 Å². The van der Waals surface area contributed by atoms with E-state index in [0.717, 1.165) is 24.9 Å². The predicted molar refractivity (Wildman–Crippen MR) is 102 cm³/mol. The first kappa shape index (κ1) is 22.0. The molecule has 6 nitrogen and oxygen atoms in total. The number of aryl methyl sites for hydroxylation is 1. The van der Waals surface area contributed by atoms with E-state index < -0.39 is 0 Å². The first-order valence-electron chi connectivity index (χ1n) is 9.09. The number of ether oxygens (including phenoxy) is 2. The van der Waals surface area contributed by atoms with E-state index in [1.807, 2.05) is 38.4 Å². The summed E-state index contributed by atoms with van der Waals surface area (Å²) < 4.78 is 10.4. The fraction of sp³-hybridized carbons (Fsp3) is 0.600. The zero-order valence-electron chi connectivity index (χ0n) is 16.7. The maximum Gasteiger partial charge on any atom is 0.310 e. The van der Waals surface area contributed by atoms with E-state index in [9.17, 15) is 9.59 Å². The summed E-state index contributed by atoms with van der Waals surface area (Å²) in [5.74, 6) is -0.118. The average Bonchev–Trinajstić information content (AvgIpc) is 2.64. The van der Waals surface area contributed by atoms with Crippen LogP contribution in [0.25, 0.3) is 0 Å². The van der Waals surface area contributed by atoms with Gasteiger partial charge in [0.1, 0.15) is 5.75 Å². The molecule has 0 aliphatic rings. The fourth-order valence-electron chi connectivity index (χ4n) is 2.59. The summed E-state index contributed by atoms with van der Waals surface area (Å²) in [5.41, 5.74) is 1.16. The second-order valence-electron chi connectivity index (χ2n) is 6.71. The summed E-state index contributed by atoms with van der Waals surface area (Å²) in [7, 11) is 5.35. The van der Waals surface area contributed by atoms with Crippen molar-refractivity contribution in [2.45, 2.75) is 26.7 Å². The number of hydrogen-bond acceptors (Lipinski definition) is 5.